The first-order valence-electron chi connectivity index (χ1n) is 9.33. The lowest BCUT2D eigenvalue weighted by Crippen LogP contribution is -2.43. The Kier molecular flexibility index (Phi) is 9.80. The minimum absolute atomic E-state index is 0.116. The highest BCUT2D eigenvalue weighted by Gasteiger charge is 2.21. The van der Waals surface area contributed by atoms with Gasteiger partial charge >= 0.3 is 6.03 Å². The van der Waals surface area contributed by atoms with Gasteiger partial charge in [0.2, 0.25) is 0 Å². The molecule has 5 nitrogen and oxygen atoms in total. The van der Waals surface area contributed by atoms with Crippen LogP contribution in [0, 0.1) is 0 Å². The molecule has 0 aromatic carbocycles. The highest BCUT2D eigenvalue weighted by Crippen LogP contribution is 2.21. The van der Waals surface area contributed by atoms with Crippen molar-refractivity contribution in [2.45, 2.75) is 33.6 Å². The molecule has 1 aliphatic carbocycles. The molecule has 0 unspecified atom stereocenters. The lowest BCUT2D eigenvalue weighted by atomic mass is 10.00. The van der Waals surface area contributed by atoms with Crippen molar-refractivity contribution in [1.29, 1.82) is 0 Å². The zero-order chi connectivity index (χ0) is 20.2. The zero-order valence-electron chi connectivity index (χ0n) is 17.2. The van der Waals surface area contributed by atoms with E-state index in [2.05, 4.69) is 18.0 Å². The Morgan fingerprint density at radius 2 is 1.96 bits per heavy atom. The largest absolute Gasteiger partial charge is 0.501 e. The third-order valence-electron chi connectivity index (χ3n) is 4.21. The highest BCUT2D eigenvalue weighted by molar-refractivity contribution is 5.77. The quantitative estimate of drug-likeness (QED) is 0.752. The van der Waals surface area contributed by atoms with Crippen LogP contribution >= 0.6 is 0 Å². The average molecular weight is 373 g/mol. The number of rotatable bonds is 5. The van der Waals surface area contributed by atoms with Crippen molar-refractivity contribution in [1.82, 2.24) is 10.2 Å². The summed E-state index contributed by atoms with van der Waals surface area (Å²) in [4.78, 5) is 14.4. The van der Waals surface area contributed by atoms with Crippen LogP contribution in [-0.2, 0) is 9.47 Å². The SMILES string of the molecule is C=CC1=C(/C=C\C)CCN(C(=O)NC2=CC=C(OC)C=C(OC)C2)C1.CC. The number of hydrogen-bond acceptors (Lipinski definition) is 3. The normalized spacial score (nSPS) is 17.1. The maximum atomic E-state index is 12.6. The Hall–Kier alpha value is -2.69. The zero-order valence-corrected chi connectivity index (χ0v) is 17.2. The number of hydrogen-bond donors (Lipinski definition) is 1. The Morgan fingerprint density at radius 3 is 2.56 bits per heavy atom. The number of nitrogens with one attached hydrogen (secondary N) is 1. The molecule has 148 valence electrons. The molecule has 27 heavy (non-hydrogen) atoms. The van der Waals surface area contributed by atoms with Gasteiger partial charge in [-0.15, -0.1) is 0 Å². The van der Waals surface area contributed by atoms with E-state index in [1.807, 2.05) is 51.2 Å². The van der Waals surface area contributed by atoms with Gasteiger partial charge < -0.3 is 19.7 Å². The molecule has 0 fully saturated rings. The summed E-state index contributed by atoms with van der Waals surface area (Å²) in [6.07, 6.45) is 12.8. The molecule has 2 amide bonds. The summed E-state index contributed by atoms with van der Waals surface area (Å²) < 4.78 is 10.6. The van der Waals surface area contributed by atoms with Gasteiger partial charge in [-0.2, -0.15) is 0 Å². The van der Waals surface area contributed by atoms with E-state index >= 15 is 0 Å². The van der Waals surface area contributed by atoms with Crippen LogP contribution in [-0.4, -0.2) is 38.2 Å². The number of amides is 2. The fraction of sp³-hybridized carbons (Fsp3) is 0.409. The summed E-state index contributed by atoms with van der Waals surface area (Å²) in [5.74, 6) is 1.42. The molecule has 1 N–H and O–H groups in total. The monoisotopic (exact) mass is 372 g/mol. The lowest BCUT2D eigenvalue weighted by Gasteiger charge is -2.29. The minimum atomic E-state index is -0.116. The fourth-order valence-corrected chi connectivity index (χ4v) is 2.81. The summed E-state index contributed by atoms with van der Waals surface area (Å²) in [6.45, 7) is 11.1. The van der Waals surface area contributed by atoms with Gasteiger partial charge in [0, 0.05) is 31.3 Å². The molecule has 0 aromatic rings. The molecular formula is C22H32N2O3. The molecule has 0 aromatic heterocycles. The van der Waals surface area contributed by atoms with Crippen LogP contribution in [0.15, 0.2) is 71.4 Å². The molecule has 0 spiro atoms. The van der Waals surface area contributed by atoms with Gasteiger partial charge in [-0.1, -0.05) is 38.7 Å². The molecule has 1 aliphatic heterocycles. The van der Waals surface area contributed by atoms with E-state index in [-0.39, 0.29) is 6.03 Å². The molecular weight excluding hydrogens is 340 g/mol. The number of nitrogens with zero attached hydrogens (tertiary/aromatic N) is 1. The number of carbonyl (C=O) groups excluding carboxylic acids is 1. The Bertz CT molecular complexity index is 682. The maximum absolute atomic E-state index is 12.6. The number of allylic oxidation sites excluding steroid dienone is 5. The Morgan fingerprint density at radius 1 is 1.22 bits per heavy atom. The van der Waals surface area contributed by atoms with Crippen molar-refractivity contribution in [2.75, 3.05) is 27.3 Å². The average Bonchev–Trinajstić information content (AvgIpc) is 2.91. The molecule has 0 bridgehead atoms. The second-order valence-corrected chi connectivity index (χ2v) is 5.81. The first-order chi connectivity index (χ1) is 13.1. The van der Waals surface area contributed by atoms with E-state index in [9.17, 15) is 4.79 Å². The highest BCUT2D eigenvalue weighted by atomic mass is 16.5. The van der Waals surface area contributed by atoms with E-state index < -0.39 is 0 Å². The number of methoxy groups -OCH3 is 2. The van der Waals surface area contributed by atoms with E-state index in [4.69, 9.17) is 9.47 Å². The van der Waals surface area contributed by atoms with Crippen molar-refractivity contribution < 1.29 is 14.3 Å². The topological polar surface area (TPSA) is 50.8 Å². The van der Waals surface area contributed by atoms with Crippen LogP contribution < -0.4 is 5.32 Å². The minimum Gasteiger partial charge on any atom is -0.501 e. The van der Waals surface area contributed by atoms with Gasteiger partial charge in [-0.25, -0.2) is 4.79 Å². The molecule has 2 rings (SSSR count). The van der Waals surface area contributed by atoms with Crippen LogP contribution in [0.25, 0.3) is 0 Å². The van der Waals surface area contributed by atoms with Crippen LogP contribution in [0.2, 0.25) is 0 Å². The first-order valence-corrected chi connectivity index (χ1v) is 9.33. The standard InChI is InChI=1S/C20H26N2O3.C2H6/c1-5-7-16-10-11-22(14-15(16)6-2)20(23)21-17-8-9-18(24-3)13-19(12-17)25-4;1-2/h5-9,13H,2,10-12,14H2,1,3-4H3,(H,21,23);1-2H3/b7-5-;. The van der Waals surface area contributed by atoms with E-state index in [1.165, 1.54) is 5.57 Å². The lowest BCUT2D eigenvalue weighted by molar-refractivity contribution is 0.203. The van der Waals surface area contributed by atoms with Crippen molar-refractivity contribution in [3.8, 4) is 0 Å². The predicted molar refractivity (Wildman–Crippen MR) is 111 cm³/mol. The van der Waals surface area contributed by atoms with E-state index in [0.717, 1.165) is 23.5 Å². The molecule has 1 heterocycles. The molecule has 0 saturated carbocycles. The second kappa shape index (κ2) is 11.8. The predicted octanol–water partition coefficient (Wildman–Crippen LogP) is 4.83. The third kappa shape index (κ3) is 6.51. The maximum Gasteiger partial charge on any atom is 0.321 e. The van der Waals surface area contributed by atoms with E-state index in [1.54, 1.807) is 19.1 Å². The first kappa shape index (κ1) is 22.4. The van der Waals surface area contributed by atoms with Gasteiger partial charge in [-0.3, -0.25) is 0 Å². The van der Waals surface area contributed by atoms with Gasteiger partial charge in [0.15, 0.2) is 0 Å². The van der Waals surface area contributed by atoms with Gasteiger partial charge in [0.1, 0.15) is 11.5 Å². The van der Waals surface area contributed by atoms with Crippen molar-refractivity contribution in [3.63, 3.8) is 0 Å². The third-order valence-corrected chi connectivity index (χ3v) is 4.21. The van der Waals surface area contributed by atoms with Crippen LogP contribution in [0.1, 0.15) is 33.6 Å². The molecule has 0 atom stereocenters. The van der Waals surface area contributed by atoms with Crippen LogP contribution in [0.3, 0.4) is 0 Å². The fourth-order valence-electron chi connectivity index (χ4n) is 2.81. The summed E-state index contributed by atoms with van der Waals surface area (Å²) in [5.41, 5.74) is 3.11. The number of urea groups is 1. The van der Waals surface area contributed by atoms with Gasteiger partial charge in [-0.05, 0) is 36.6 Å². The summed E-state index contributed by atoms with van der Waals surface area (Å²) >= 11 is 0. The molecule has 0 saturated heterocycles. The van der Waals surface area contributed by atoms with Crippen LogP contribution in [0.4, 0.5) is 4.79 Å². The Balaban J connectivity index is 0.00000176. The van der Waals surface area contributed by atoms with E-state index in [0.29, 0.717) is 25.3 Å². The Labute approximate surface area is 163 Å². The van der Waals surface area contributed by atoms with Crippen molar-refractivity contribution in [2.24, 2.45) is 0 Å². The second-order valence-electron chi connectivity index (χ2n) is 5.81. The van der Waals surface area contributed by atoms with Crippen molar-refractivity contribution in [3.05, 3.63) is 71.4 Å². The number of carbonyl (C=O) groups is 1. The van der Waals surface area contributed by atoms with Crippen molar-refractivity contribution >= 4 is 6.03 Å². The molecule has 2 aliphatic rings. The smallest absolute Gasteiger partial charge is 0.321 e. The summed E-state index contributed by atoms with van der Waals surface area (Å²) in [6, 6.07) is -0.116. The molecule has 5 heteroatoms. The summed E-state index contributed by atoms with van der Waals surface area (Å²) in [7, 11) is 3.21. The van der Waals surface area contributed by atoms with Crippen LogP contribution in [0.5, 0.6) is 0 Å². The molecule has 0 radical (unpaired) electrons. The summed E-state index contributed by atoms with van der Waals surface area (Å²) in [5, 5.41) is 2.98. The van der Waals surface area contributed by atoms with Gasteiger partial charge in [0.25, 0.3) is 0 Å². The number of ether oxygens (including phenoxy) is 2. The van der Waals surface area contributed by atoms with Gasteiger partial charge in [0.05, 0.1) is 14.2 Å².